The van der Waals surface area contributed by atoms with E-state index in [4.69, 9.17) is 14.2 Å². The van der Waals surface area contributed by atoms with E-state index < -0.39 is 12.1 Å². The van der Waals surface area contributed by atoms with Gasteiger partial charge in [-0.05, 0) is 13.8 Å². The van der Waals surface area contributed by atoms with E-state index in [2.05, 4.69) is 0 Å². The Hall–Kier alpha value is -0.160. The molecule has 0 aromatic heterocycles. The Kier molecular flexibility index (Phi) is 1.47. The van der Waals surface area contributed by atoms with Gasteiger partial charge in [-0.25, -0.2) is 0 Å². The smallest absolute Gasteiger partial charge is 0.184 e. The molecule has 0 amide bonds. The molecular weight excluding hydrogens is 148 g/mol. The van der Waals surface area contributed by atoms with Crippen molar-refractivity contribution < 1.29 is 19.3 Å². The van der Waals surface area contributed by atoms with Crippen LogP contribution in [0.1, 0.15) is 13.8 Å². The maximum absolute atomic E-state index is 9.20. The molecule has 64 valence electrons. The van der Waals surface area contributed by atoms with Crippen molar-refractivity contribution in [2.75, 3.05) is 6.61 Å². The lowest BCUT2D eigenvalue weighted by atomic mass is 10.2. The first-order valence-electron chi connectivity index (χ1n) is 3.74. The third kappa shape index (κ3) is 1.16. The van der Waals surface area contributed by atoms with E-state index in [0.717, 1.165) is 0 Å². The van der Waals surface area contributed by atoms with Crippen LogP contribution in [0.2, 0.25) is 0 Å². The second kappa shape index (κ2) is 2.17. The molecule has 0 aromatic rings. The van der Waals surface area contributed by atoms with Gasteiger partial charge in [0, 0.05) is 0 Å². The largest absolute Gasteiger partial charge is 0.366 e. The highest BCUT2D eigenvalue weighted by Crippen LogP contribution is 2.33. The van der Waals surface area contributed by atoms with Crippen LogP contribution in [0.3, 0.4) is 0 Å². The number of hydrogen-bond donors (Lipinski definition) is 1. The summed E-state index contributed by atoms with van der Waals surface area (Å²) in [6.07, 6.45) is -1.22. The van der Waals surface area contributed by atoms with Gasteiger partial charge in [-0.1, -0.05) is 0 Å². The molecule has 0 aromatic carbocycles. The summed E-state index contributed by atoms with van der Waals surface area (Å²) in [5.74, 6) is -0.569. The summed E-state index contributed by atoms with van der Waals surface area (Å²) >= 11 is 0. The van der Waals surface area contributed by atoms with Crippen molar-refractivity contribution in [3.8, 4) is 0 Å². The Labute approximate surface area is 65.1 Å². The lowest BCUT2D eigenvalue weighted by Crippen LogP contribution is -2.29. The van der Waals surface area contributed by atoms with Crippen LogP contribution in [-0.2, 0) is 14.2 Å². The van der Waals surface area contributed by atoms with Crippen LogP contribution in [0.5, 0.6) is 0 Å². The third-order valence-corrected chi connectivity index (χ3v) is 1.93. The van der Waals surface area contributed by atoms with E-state index >= 15 is 0 Å². The number of aliphatic hydroxyl groups excluding tert-OH is 1. The van der Waals surface area contributed by atoms with Crippen LogP contribution < -0.4 is 0 Å². The van der Waals surface area contributed by atoms with Gasteiger partial charge < -0.3 is 19.3 Å². The van der Waals surface area contributed by atoms with Gasteiger partial charge in [-0.15, -0.1) is 0 Å². The topological polar surface area (TPSA) is 47.9 Å². The quantitative estimate of drug-likeness (QED) is 0.535. The predicted octanol–water partition coefficient (Wildman–Crippen LogP) is -0.145. The summed E-state index contributed by atoms with van der Waals surface area (Å²) in [6, 6.07) is 0. The fourth-order valence-corrected chi connectivity index (χ4v) is 1.52. The summed E-state index contributed by atoms with van der Waals surface area (Å²) in [7, 11) is 0. The van der Waals surface area contributed by atoms with E-state index in [1.54, 1.807) is 0 Å². The first-order valence-corrected chi connectivity index (χ1v) is 3.74. The minimum absolute atomic E-state index is 0.0972. The molecule has 2 fully saturated rings. The molecule has 1 unspecified atom stereocenters. The number of ether oxygens (including phenoxy) is 3. The summed E-state index contributed by atoms with van der Waals surface area (Å²) < 4.78 is 15.7. The maximum Gasteiger partial charge on any atom is 0.184 e. The highest BCUT2D eigenvalue weighted by atomic mass is 16.8. The molecule has 1 N–H and O–H groups in total. The van der Waals surface area contributed by atoms with E-state index in [0.29, 0.717) is 6.61 Å². The molecule has 0 spiro atoms. The Morgan fingerprint density at radius 3 is 2.73 bits per heavy atom. The number of fused-ring (bicyclic) bond motifs is 1. The minimum Gasteiger partial charge on any atom is -0.366 e. The molecule has 2 rings (SSSR count). The summed E-state index contributed by atoms with van der Waals surface area (Å²) in [5, 5.41) is 9.20. The molecule has 2 aliphatic heterocycles. The maximum atomic E-state index is 9.20. The average molecular weight is 160 g/mol. The van der Waals surface area contributed by atoms with Crippen LogP contribution in [-0.4, -0.2) is 36.0 Å². The van der Waals surface area contributed by atoms with Crippen molar-refractivity contribution in [1.29, 1.82) is 0 Å². The fourth-order valence-electron chi connectivity index (χ4n) is 1.52. The van der Waals surface area contributed by atoms with Crippen molar-refractivity contribution in [3.05, 3.63) is 0 Å². The van der Waals surface area contributed by atoms with Gasteiger partial charge in [0.1, 0.15) is 12.2 Å². The lowest BCUT2D eigenvalue weighted by Gasteiger charge is -2.19. The van der Waals surface area contributed by atoms with Crippen molar-refractivity contribution in [2.45, 2.75) is 38.1 Å². The molecular formula is C7H12O4. The van der Waals surface area contributed by atoms with Gasteiger partial charge in [0.25, 0.3) is 0 Å². The van der Waals surface area contributed by atoms with E-state index in [-0.39, 0.29) is 12.2 Å². The first kappa shape index (κ1) is 7.49. The number of aliphatic hydroxyl groups is 1. The Balaban J connectivity index is 2.10. The molecule has 0 bridgehead atoms. The zero-order chi connectivity index (χ0) is 8.06. The van der Waals surface area contributed by atoms with Gasteiger partial charge in [0.2, 0.25) is 0 Å². The average Bonchev–Trinajstić information content (AvgIpc) is 2.31. The van der Waals surface area contributed by atoms with Crippen molar-refractivity contribution >= 4 is 0 Å². The van der Waals surface area contributed by atoms with Gasteiger partial charge >= 0.3 is 0 Å². The minimum atomic E-state index is -0.818. The van der Waals surface area contributed by atoms with Crippen molar-refractivity contribution in [3.63, 3.8) is 0 Å². The van der Waals surface area contributed by atoms with Gasteiger partial charge in [0.15, 0.2) is 12.1 Å². The molecule has 2 aliphatic rings. The van der Waals surface area contributed by atoms with E-state index in [1.807, 2.05) is 13.8 Å². The second-order valence-corrected chi connectivity index (χ2v) is 3.36. The molecule has 2 saturated heterocycles. The molecule has 11 heavy (non-hydrogen) atoms. The van der Waals surface area contributed by atoms with Gasteiger partial charge in [0.05, 0.1) is 6.61 Å². The Morgan fingerprint density at radius 2 is 2.09 bits per heavy atom. The highest BCUT2D eigenvalue weighted by Gasteiger charge is 2.49. The molecule has 0 saturated carbocycles. The normalized spacial score (nSPS) is 47.7. The molecule has 4 heteroatoms. The fraction of sp³-hybridized carbons (Fsp3) is 1.00. The molecule has 0 aliphatic carbocycles. The zero-order valence-electron chi connectivity index (χ0n) is 6.61. The Morgan fingerprint density at radius 1 is 1.36 bits per heavy atom. The van der Waals surface area contributed by atoms with Crippen molar-refractivity contribution in [2.24, 2.45) is 0 Å². The molecule has 3 atom stereocenters. The van der Waals surface area contributed by atoms with E-state index in [1.165, 1.54) is 0 Å². The van der Waals surface area contributed by atoms with Crippen LogP contribution in [0, 0.1) is 0 Å². The van der Waals surface area contributed by atoms with Crippen LogP contribution in [0.15, 0.2) is 0 Å². The zero-order valence-corrected chi connectivity index (χ0v) is 6.61. The molecule has 0 radical (unpaired) electrons. The second-order valence-electron chi connectivity index (χ2n) is 3.36. The summed E-state index contributed by atoms with van der Waals surface area (Å²) in [6.45, 7) is 4.09. The molecule has 4 nitrogen and oxygen atoms in total. The monoisotopic (exact) mass is 160 g/mol. The van der Waals surface area contributed by atoms with Gasteiger partial charge in [-0.2, -0.15) is 0 Å². The third-order valence-electron chi connectivity index (χ3n) is 1.93. The van der Waals surface area contributed by atoms with Gasteiger partial charge in [-0.3, -0.25) is 0 Å². The Bertz CT molecular complexity index is 168. The van der Waals surface area contributed by atoms with Crippen molar-refractivity contribution in [1.82, 2.24) is 0 Å². The van der Waals surface area contributed by atoms with E-state index in [9.17, 15) is 5.11 Å². The first-order chi connectivity index (χ1) is 5.08. The van der Waals surface area contributed by atoms with Crippen LogP contribution in [0.25, 0.3) is 0 Å². The SMILES string of the molecule is CC1(C)OC2[C@H](O)OC[C@@H]2O1. The van der Waals surface area contributed by atoms with Crippen LogP contribution in [0.4, 0.5) is 0 Å². The highest BCUT2D eigenvalue weighted by molar-refractivity contribution is 4.87. The number of rotatable bonds is 0. The number of hydrogen-bond acceptors (Lipinski definition) is 4. The molecule has 2 heterocycles. The predicted molar refractivity (Wildman–Crippen MR) is 35.8 cm³/mol. The standard InChI is InChI=1S/C7H12O4/c1-7(2)10-4-3-9-6(8)5(4)11-7/h4-6,8H,3H2,1-2H3/t4-,5?,6+/m0/s1. The summed E-state index contributed by atoms with van der Waals surface area (Å²) in [5.41, 5.74) is 0. The summed E-state index contributed by atoms with van der Waals surface area (Å²) in [4.78, 5) is 0. The van der Waals surface area contributed by atoms with Crippen LogP contribution >= 0.6 is 0 Å². The lowest BCUT2D eigenvalue weighted by molar-refractivity contribution is -0.205.